The van der Waals surface area contributed by atoms with Crippen LogP contribution >= 0.6 is 23.1 Å². The fourth-order valence-electron chi connectivity index (χ4n) is 3.59. The number of carbonyl (C=O) groups is 1. The summed E-state index contributed by atoms with van der Waals surface area (Å²) in [5.41, 5.74) is 2.18. The number of aromatic amines is 1. The predicted octanol–water partition coefficient (Wildman–Crippen LogP) is 3.59. The fourth-order valence-corrected chi connectivity index (χ4v) is 7.04. The maximum atomic E-state index is 13.0. The normalized spacial score (nSPS) is 18.9. The summed E-state index contributed by atoms with van der Waals surface area (Å²) in [5, 5.41) is 6.68. The maximum Gasteiger partial charge on any atom is 0.273 e. The van der Waals surface area contributed by atoms with Crippen molar-refractivity contribution >= 4 is 60.7 Å². The van der Waals surface area contributed by atoms with Gasteiger partial charge in [0.25, 0.3) is 10.0 Å². The molecule has 3 heterocycles. The van der Waals surface area contributed by atoms with Crippen LogP contribution in [0.1, 0.15) is 25.0 Å². The number of hydrogen-bond donors (Lipinski definition) is 2. The molecule has 1 atom stereocenters. The van der Waals surface area contributed by atoms with E-state index in [2.05, 4.69) is 15.3 Å². The molecule has 1 amide bonds. The average molecular weight is 475 g/mol. The van der Waals surface area contributed by atoms with E-state index in [1.807, 2.05) is 18.2 Å². The van der Waals surface area contributed by atoms with E-state index in [1.165, 1.54) is 15.6 Å². The fraction of sp³-hybridized carbons (Fsp3) is 0.333. The van der Waals surface area contributed by atoms with Gasteiger partial charge in [-0.05, 0) is 36.4 Å². The van der Waals surface area contributed by atoms with Crippen molar-refractivity contribution in [1.82, 2.24) is 10.3 Å². The molecule has 2 aromatic heterocycles. The van der Waals surface area contributed by atoms with Crippen molar-refractivity contribution < 1.29 is 13.2 Å². The van der Waals surface area contributed by atoms with Gasteiger partial charge in [-0.3, -0.25) is 14.1 Å². The zero-order valence-electron chi connectivity index (χ0n) is 16.9. The van der Waals surface area contributed by atoms with E-state index < -0.39 is 10.0 Å². The molecule has 10 heteroatoms. The van der Waals surface area contributed by atoms with Gasteiger partial charge in [-0.25, -0.2) is 8.42 Å². The Hall–Kier alpha value is -2.30. The molecule has 0 bridgehead atoms. The Morgan fingerprint density at radius 3 is 2.87 bits per heavy atom. The van der Waals surface area contributed by atoms with Gasteiger partial charge in [0.15, 0.2) is 0 Å². The number of anilines is 1. The van der Waals surface area contributed by atoms with Gasteiger partial charge in [0.05, 0.1) is 23.4 Å². The van der Waals surface area contributed by atoms with E-state index in [-0.39, 0.29) is 11.2 Å². The van der Waals surface area contributed by atoms with Crippen molar-refractivity contribution in [2.45, 2.75) is 34.8 Å². The molecule has 2 N–H and O–H groups in total. The molecule has 1 saturated carbocycles. The lowest BCUT2D eigenvalue weighted by Crippen LogP contribution is -2.28. The summed E-state index contributed by atoms with van der Waals surface area (Å²) < 4.78 is 27.6. The summed E-state index contributed by atoms with van der Waals surface area (Å²) in [6.45, 7) is 0.604. The van der Waals surface area contributed by atoms with Gasteiger partial charge in [0, 0.05) is 30.1 Å². The number of sulfonamides is 1. The SMILES string of the molecule is CN(c1cccc2cc(C3=NCC(CC(=O)NC4CC4)S3)[nH]c12)S(=O)(=O)c1cccs1. The van der Waals surface area contributed by atoms with Crippen LogP contribution in [0.4, 0.5) is 5.69 Å². The van der Waals surface area contributed by atoms with Gasteiger partial charge < -0.3 is 10.3 Å². The number of nitrogens with one attached hydrogen (secondary N) is 2. The second-order valence-corrected chi connectivity index (χ2v) is 12.2. The summed E-state index contributed by atoms with van der Waals surface area (Å²) in [5.74, 6) is 0.0933. The molecule has 1 fully saturated rings. The minimum atomic E-state index is -3.63. The number of benzene rings is 1. The van der Waals surface area contributed by atoms with Crippen molar-refractivity contribution in [3.05, 3.63) is 47.5 Å². The number of aliphatic imine (C=N–C) groups is 1. The maximum absolute atomic E-state index is 13.0. The highest BCUT2D eigenvalue weighted by Gasteiger charge is 2.29. The molecule has 1 aliphatic heterocycles. The van der Waals surface area contributed by atoms with E-state index in [0.29, 0.717) is 28.9 Å². The number of nitrogens with zero attached hydrogens (tertiary/aromatic N) is 2. The molecule has 31 heavy (non-hydrogen) atoms. The minimum Gasteiger partial charge on any atom is -0.353 e. The first-order valence-corrected chi connectivity index (χ1v) is 13.3. The third kappa shape index (κ3) is 4.11. The highest BCUT2D eigenvalue weighted by molar-refractivity contribution is 8.15. The first-order valence-electron chi connectivity index (χ1n) is 10.1. The highest BCUT2D eigenvalue weighted by Crippen LogP contribution is 2.34. The second kappa shape index (κ2) is 7.99. The minimum absolute atomic E-state index is 0.0933. The molecular formula is C21H22N4O3S3. The average Bonchev–Trinajstić information content (AvgIpc) is 3.19. The molecule has 0 spiro atoms. The number of aromatic nitrogens is 1. The molecule has 5 rings (SSSR count). The summed E-state index contributed by atoms with van der Waals surface area (Å²) in [4.78, 5) is 20.1. The number of fused-ring (bicyclic) bond motifs is 1. The Kier molecular flexibility index (Phi) is 5.31. The van der Waals surface area contributed by atoms with Crippen LogP contribution in [0.3, 0.4) is 0 Å². The van der Waals surface area contributed by atoms with Gasteiger partial charge in [-0.1, -0.05) is 30.0 Å². The van der Waals surface area contributed by atoms with E-state index in [0.717, 1.165) is 34.5 Å². The molecule has 162 valence electrons. The van der Waals surface area contributed by atoms with Crippen molar-refractivity contribution in [1.29, 1.82) is 0 Å². The predicted molar refractivity (Wildman–Crippen MR) is 127 cm³/mol. The smallest absolute Gasteiger partial charge is 0.273 e. The lowest BCUT2D eigenvalue weighted by molar-refractivity contribution is -0.121. The van der Waals surface area contributed by atoms with E-state index >= 15 is 0 Å². The van der Waals surface area contributed by atoms with Gasteiger partial charge in [0.1, 0.15) is 9.25 Å². The summed E-state index contributed by atoms with van der Waals surface area (Å²) in [6, 6.07) is 11.3. The van der Waals surface area contributed by atoms with Crippen LogP contribution in [-0.2, 0) is 14.8 Å². The van der Waals surface area contributed by atoms with Gasteiger partial charge in [-0.15, -0.1) is 11.3 Å². The van der Waals surface area contributed by atoms with Crippen molar-refractivity contribution in [3.63, 3.8) is 0 Å². The number of para-hydroxylation sites is 1. The topological polar surface area (TPSA) is 94.6 Å². The molecule has 0 saturated heterocycles. The molecular weight excluding hydrogens is 452 g/mol. The Morgan fingerprint density at radius 2 is 2.13 bits per heavy atom. The standard InChI is InChI=1S/C21H22N4O3S3/c1-25(31(27,28)19-6-3-9-29-19)17-5-2-4-13-10-16(24-20(13)17)21-22-12-15(30-21)11-18(26)23-14-7-8-14/h2-6,9-10,14-15,24H,7-8,11-12H2,1H3,(H,23,26). The summed E-state index contributed by atoms with van der Waals surface area (Å²) in [6.07, 6.45) is 2.63. The van der Waals surface area contributed by atoms with Crippen LogP contribution in [0, 0.1) is 0 Å². The Morgan fingerprint density at radius 1 is 1.29 bits per heavy atom. The molecule has 1 unspecified atom stereocenters. The first kappa shape index (κ1) is 20.6. The Bertz CT molecular complexity index is 1260. The van der Waals surface area contributed by atoms with Gasteiger partial charge in [0.2, 0.25) is 5.91 Å². The number of amides is 1. The summed E-state index contributed by atoms with van der Waals surface area (Å²) in [7, 11) is -2.06. The van der Waals surface area contributed by atoms with Crippen LogP contribution < -0.4 is 9.62 Å². The Labute approximate surface area is 189 Å². The van der Waals surface area contributed by atoms with Crippen LogP contribution in [0.15, 0.2) is 51.0 Å². The van der Waals surface area contributed by atoms with E-state index in [4.69, 9.17) is 0 Å². The quantitative estimate of drug-likeness (QED) is 0.547. The van der Waals surface area contributed by atoms with Crippen LogP contribution in [-0.4, -0.2) is 49.2 Å². The number of hydrogen-bond acceptors (Lipinski definition) is 6. The monoisotopic (exact) mass is 474 g/mol. The number of thiophene rings is 1. The molecule has 0 radical (unpaired) electrons. The summed E-state index contributed by atoms with van der Waals surface area (Å²) >= 11 is 2.80. The number of thioether (sulfide) groups is 1. The van der Waals surface area contributed by atoms with Crippen LogP contribution in [0.2, 0.25) is 0 Å². The van der Waals surface area contributed by atoms with Crippen LogP contribution in [0.25, 0.3) is 10.9 Å². The Balaban J connectivity index is 1.37. The number of carbonyl (C=O) groups excluding carboxylic acids is 1. The van der Waals surface area contributed by atoms with E-state index in [9.17, 15) is 13.2 Å². The largest absolute Gasteiger partial charge is 0.353 e. The molecule has 3 aromatic rings. The second-order valence-electron chi connectivity index (χ2n) is 7.76. The lowest BCUT2D eigenvalue weighted by atomic mass is 10.2. The zero-order chi connectivity index (χ0) is 21.6. The zero-order valence-corrected chi connectivity index (χ0v) is 19.3. The third-order valence-electron chi connectivity index (χ3n) is 5.39. The molecule has 1 aromatic carbocycles. The van der Waals surface area contributed by atoms with Crippen molar-refractivity contribution in [2.24, 2.45) is 4.99 Å². The van der Waals surface area contributed by atoms with Crippen molar-refractivity contribution in [3.8, 4) is 0 Å². The van der Waals surface area contributed by atoms with Gasteiger partial charge in [-0.2, -0.15) is 0 Å². The molecule has 2 aliphatic rings. The number of rotatable bonds is 7. The van der Waals surface area contributed by atoms with E-state index in [1.54, 1.807) is 42.4 Å². The lowest BCUT2D eigenvalue weighted by Gasteiger charge is -2.19. The third-order valence-corrected chi connectivity index (χ3v) is 9.75. The number of H-pyrrole nitrogens is 1. The highest BCUT2D eigenvalue weighted by atomic mass is 32.2. The van der Waals surface area contributed by atoms with Gasteiger partial charge >= 0.3 is 0 Å². The first-order chi connectivity index (χ1) is 14.9. The molecule has 7 nitrogen and oxygen atoms in total. The van der Waals surface area contributed by atoms with Crippen molar-refractivity contribution in [2.75, 3.05) is 17.9 Å². The molecule has 1 aliphatic carbocycles. The van der Waals surface area contributed by atoms with Crippen LogP contribution in [0.5, 0.6) is 0 Å².